The van der Waals surface area contributed by atoms with Crippen LogP contribution in [0.3, 0.4) is 0 Å². The maximum absolute atomic E-state index is 5.95. The fourth-order valence-corrected chi connectivity index (χ4v) is 6.19. The van der Waals surface area contributed by atoms with Gasteiger partial charge in [-0.05, 0) is 117 Å². The van der Waals surface area contributed by atoms with E-state index < -0.39 is 0 Å². The van der Waals surface area contributed by atoms with E-state index in [1.54, 1.807) is 7.11 Å². The average Bonchev–Trinajstić information content (AvgIpc) is 3.62. The first-order chi connectivity index (χ1) is 28.2. The number of hydrogen-bond donors (Lipinski definition) is 0. The second kappa shape index (κ2) is 29.8. The number of ether oxygens (including phenoxy) is 2. The number of methoxy groups -OCH3 is 1. The van der Waals surface area contributed by atoms with Gasteiger partial charge in [-0.2, -0.15) is 0 Å². The van der Waals surface area contributed by atoms with Crippen molar-refractivity contribution in [1.82, 2.24) is 14.4 Å². The molecule has 0 saturated carbocycles. The first-order valence-corrected chi connectivity index (χ1v) is 23.0. The van der Waals surface area contributed by atoms with Gasteiger partial charge in [0, 0.05) is 64.4 Å². The molecule has 1 aliphatic rings. The minimum atomic E-state index is 0.0417. The van der Waals surface area contributed by atoms with Gasteiger partial charge in [0.2, 0.25) is 0 Å². The molecule has 2 atom stereocenters. The molecule has 1 aliphatic heterocycles. The van der Waals surface area contributed by atoms with Crippen molar-refractivity contribution in [3.8, 4) is 0 Å². The molecule has 60 heavy (non-hydrogen) atoms. The third kappa shape index (κ3) is 22.5. The van der Waals surface area contributed by atoms with E-state index in [0.717, 1.165) is 52.0 Å². The topological polar surface area (TPSA) is 29.9 Å². The highest BCUT2D eigenvalue weighted by molar-refractivity contribution is 5.69. The minimum absolute atomic E-state index is 0.0417. The predicted molar refractivity (Wildman–Crippen MR) is 267 cm³/mol. The smallest absolute Gasteiger partial charge is 0.0716 e. The SMILES string of the molecule is C=C/C(C)=C(/CCCOCc1ccccc1)c1ccc(C(C)CC(CC)N2CCN(C=C)CC2)n1C.CC.CC(C)(C)C(C)(C)C.CCc1ccccc1.COC(C)(C)C. The molecular formula is C55H93N3O2. The normalized spacial score (nSPS) is 14.6. The molecule has 0 aliphatic carbocycles. The Labute approximate surface area is 372 Å². The van der Waals surface area contributed by atoms with Crippen LogP contribution in [-0.4, -0.2) is 65.9 Å². The summed E-state index contributed by atoms with van der Waals surface area (Å²) in [5.74, 6) is 0.505. The monoisotopic (exact) mass is 828 g/mol. The Balaban J connectivity index is 0.00000117. The van der Waals surface area contributed by atoms with Gasteiger partial charge in [-0.1, -0.05) is 156 Å². The second-order valence-corrected chi connectivity index (χ2v) is 18.8. The lowest BCUT2D eigenvalue weighted by Gasteiger charge is -2.39. The van der Waals surface area contributed by atoms with Crippen molar-refractivity contribution >= 4 is 5.57 Å². The minimum Gasteiger partial charge on any atom is -0.379 e. The molecule has 4 rings (SSSR count). The van der Waals surface area contributed by atoms with E-state index in [4.69, 9.17) is 9.47 Å². The Morgan fingerprint density at radius 3 is 1.67 bits per heavy atom. The molecule has 3 aromatic rings. The summed E-state index contributed by atoms with van der Waals surface area (Å²) in [6, 6.07) is 26.1. The standard InChI is InChI=1S/C32H47N3O.C8H10.C8H18.C5H12O.C2H6/c1-7-26(4)30(16-13-23-36-25-28-14-11-10-12-15-28)32-18-17-31(33(32)6)27(5)24-29(8-2)35-21-19-34(9-3)20-22-35;1-2-8-6-4-3-5-7-8;1-7(2,3)8(4,5)6;1-5(2,3)6-4;1-2/h7,9-12,14-15,17-18,27,29H,1,3,8,13,16,19-25H2,2,4-6H3;3-7H,2H2,1H3;1-6H3;1-4H3;1-2H3/b30-26-;;;;. The Kier molecular flexibility index (Phi) is 28.1. The summed E-state index contributed by atoms with van der Waals surface area (Å²) >= 11 is 0. The number of aromatic nitrogens is 1. The lowest BCUT2D eigenvalue weighted by atomic mass is 9.71. The van der Waals surface area contributed by atoms with Crippen molar-refractivity contribution in [2.45, 2.75) is 160 Å². The first kappa shape index (κ1) is 56.6. The summed E-state index contributed by atoms with van der Waals surface area (Å²) in [5, 5.41) is 0. The zero-order chi connectivity index (χ0) is 45.9. The van der Waals surface area contributed by atoms with E-state index in [-0.39, 0.29) is 5.60 Å². The van der Waals surface area contributed by atoms with Gasteiger partial charge in [0.15, 0.2) is 0 Å². The fourth-order valence-electron chi connectivity index (χ4n) is 6.19. The van der Waals surface area contributed by atoms with Gasteiger partial charge >= 0.3 is 0 Å². The van der Waals surface area contributed by atoms with Crippen molar-refractivity contribution in [2.24, 2.45) is 17.9 Å². The van der Waals surface area contributed by atoms with Crippen LogP contribution in [0.5, 0.6) is 0 Å². The van der Waals surface area contributed by atoms with Gasteiger partial charge in [-0.3, -0.25) is 4.90 Å². The summed E-state index contributed by atoms with van der Waals surface area (Å²) in [5.41, 5.74) is 8.91. The molecule has 2 aromatic carbocycles. The number of hydrogen-bond acceptors (Lipinski definition) is 4. The number of rotatable bonds is 15. The van der Waals surface area contributed by atoms with E-state index in [0.29, 0.717) is 29.4 Å². The molecule has 0 bridgehead atoms. The molecule has 1 saturated heterocycles. The zero-order valence-electron chi connectivity index (χ0n) is 42.1. The highest BCUT2D eigenvalue weighted by Gasteiger charge is 2.27. The number of nitrogens with zero attached hydrogens (tertiary/aromatic N) is 3. The number of allylic oxidation sites excluding steroid dienone is 3. The van der Waals surface area contributed by atoms with Gasteiger partial charge in [0.05, 0.1) is 12.2 Å². The lowest BCUT2D eigenvalue weighted by Crippen LogP contribution is -2.48. The maximum atomic E-state index is 5.95. The van der Waals surface area contributed by atoms with Crippen LogP contribution in [0.25, 0.3) is 5.57 Å². The molecule has 5 heteroatoms. The number of piperazine rings is 1. The van der Waals surface area contributed by atoms with Crippen molar-refractivity contribution < 1.29 is 9.47 Å². The van der Waals surface area contributed by atoms with Crippen LogP contribution in [0.4, 0.5) is 0 Å². The molecule has 0 radical (unpaired) electrons. The van der Waals surface area contributed by atoms with Crippen LogP contribution in [-0.2, 0) is 29.5 Å². The van der Waals surface area contributed by atoms with Crippen molar-refractivity contribution in [1.29, 1.82) is 0 Å². The van der Waals surface area contributed by atoms with E-state index in [9.17, 15) is 0 Å². The van der Waals surface area contributed by atoms with Gasteiger partial charge < -0.3 is 18.9 Å². The van der Waals surface area contributed by atoms with Gasteiger partial charge in [0.25, 0.3) is 0 Å². The third-order valence-electron chi connectivity index (χ3n) is 11.9. The molecule has 0 spiro atoms. The number of benzene rings is 2. The van der Waals surface area contributed by atoms with Crippen molar-refractivity contribution in [2.75, 3.05) is 39.9 Å². The average molecular weight is 828 g/mol. The second-order valence-electron chi connectivity index (χ2n) is 18.8. The first-order valence-electron chi connectivity index (χ1n) is 23.0. The molecule has 1 fully saturated rings. The van der Waals surface area contributed by atoms with Crippen LogP contribution in [0.1, 0.15) is 158 Å². The predicted octanol–water partition coefficient (Wildman–Crippen LogP) is 14.8. The summed E-state index contributed by atoms with van der Waals surface area (Å²) in [7, 11) is 3.94. The Bertz CT molecular complexity index is 1550. The van der Waals surface area contributed by atoms with Crippen LogP contribution in [0.15, 0.2) is 104 Å². The van der Waals surface area contributed by atoms with E-state index in [1.165, 1.54) is 46.5 Å². The largest absolute Gasteiger partial charge is 0.379 e. The molecule has 340 valence electrons. The third-order valence-corrected chi connectivity index (χ3v) is 11.9. The zero-order valence-corrected chi connectivity index (χ0v) is 42.1. The maximum Gasteiger partial charge on any atom is 0.0716 e. The fraction of sp³-hybridized carbons (Fsp3) is 0.600. The Hall–Kier alpha value is -3.38. The van der Waals surface area contributed by atoms with Gasteiger partial charge in [-0.15, -0.1) is 0 Å². The Morgan fingerprint density at radius 1 is 0.767 bits per heavy atom. The molecule has 2 heterocycles. The summed E-state index contributed by atoms with van der Waals surface area (Å²) in [4.78, 5) is 5.02. The van der Waals surface area contributed by atoms with E-state index in [1.807, 2.05) is 59.0 Å². The molecule has 5 nitrogen and oxygen atoms in total. The van der Waals surface area contributed by atoms with Crippen LogP contribution in [0.2, 0.25) is 0 Å². The van der Waals surface area contributed by atoms with Gasteiger partial charge in [-0.25, -0.2) is 0 Å². The van der Waals surface area contributed by atoms with Crippen LogP contribution in [0, 0.1) is 10.8 Å². The lowest BCUT2D eigenvalue weighted by molar-refractivity contribution is 0.0397. The van der Waals surface area contributed by atoms with Gasteiger partial charge in [0.1, 0.15) is 0 Å². The highest BCUT2D eigenvalue weighted by Crippen LogP contribution is 2.36. The molecule has 0 amide bonds. The molecule has 2 unspecified atom stereocenters. The highest BCUT2D eigenvalue weighted by atomic mass is 16.5. The quantitative estimate of drug-likeness (QED) is 0.113. The van der Waals surface area contributed by atoms with Crippen molar-refractivity contribution in [3.05, 3.63) is 126 Å². The van der Waals surface area contributed by atoms with E-state index in [2.05, 4.69) is 164 Å². The summed E-state index contributed by atoms with van der Waals surface area (Å²) in [6.07, 6.45) is 9.49. The van der Waals surface area contributed by atoms with Crippen molar-refractivity contribution in [3.63, 3.8) is 0 Å². The van der Waals surface area contributed by atoms with Crippen LogP contribution >= 0.6 is 0 Å². The van der Waals surface area contributed by atoms with E-state index >= 15 is 0 Å². The molecule has 0 N–H and O–H groups in total. The summed E-state index contributed by atoms with van der Waals surface area (Å²) < 4.78 is 13.3. The molecular weight excluding hydrogens is 735 g/mol. The summed E-state index contributed by atoms with van der Waals surface area (Å²) in [6.45, 7) is 46.6. The Morgan fingerprint density at radius 2 is 1.27 bits per heavy atom. The van der Waals surface area contributed by atoms with Crippen LogP contribution < -0.4 is 0 Å². The number of aryl methyl sites for hydroxylation is 1. The molecule has 1 aromatic heterocycles.